The molecule has 0 aliphatic carbocycles. The van der Waals surface area contributed by atoms with Crippen molar-refractivity contribution < 1.29 is 66.3 Å². The Labute approximate surface area is 424 Å². The van der Waals surface area contributed by atoms with Crippen LogP contribution >= 0.6 is 15.6 Å². The fourth-order valence-corrected chi connectivity index (χ4v) is 11.6. The van der Waals surface area contributed by atoms with Gasteiger partial charge in [-0.1, -0.05) is 18.2 Å². The minimum atomic E-state index is -5.46. The number of aliphatic hydroxyl groups excluding tert-OH is 1. The standard InChI is InChI=1S/C48H58N10O14P2/c1-4-56-19-8-11-28-21-32-36(23-34(28)56)69-37-24-35-29(12-9-20-57(35)5-2)22-33(37)40(32)30-13-6-7-14-31(30)46(61)55(3)18-10-15-39(59)50-16-17-51-48(62)71-43-42(60)38(25-68-74(66,67)72-73(63,64)65)70-47(43)58-27-54-41-44(49)52-26-53-45(41)58/h6-7,13-14,21-24,26-27,38,42-43,47,60H,4-5,8-12,15-20,25H2,1-3H3,(H6-,49,50,51,52,53,59,62,63,64,65,66,67)/p+1/t38-,42-,43-,47-/m1/s1. The SMILES string of the molecule is CCN1CCCc2cc3c(cc21)Oc1cc2c(cc1=C3c1ccccc1C(=O)N(C)CCCC(=O)NCCNC(=O)O[C@@H]1[C@H](O)[C@@H](COP(=O)(O)OP(=O)(O)O)O[C@H]1n1cnc3c(N)ncnc31)CCC[N+]=2CC. The van der Waals surface area contributed by atoms with Gasteiger partial charge in [0.15, 0.2) is 23.8 Å². The Balaban J connectivity index is 0.828. The van der Waals surface area contributed by atoms with Crippen LogP contribution in [0.5, 0.6) is 11.5 Å². The van der Waals surface area contributed by atoms with Gasteiger partial charge < -0.3 is 60.2 Å². The molecule has 6 heterocycles. The Morgan fingerprint density at radius 1 is 0.973 bits per heavy atom. The number of benzene rings is 3. The molecule has 0 bridgehead atoms. The number of phosphoric acid groups is 2. The summed E-state index contributed by atoms with van der Waals surface area (Å²) in [5.41, 5.74) is 13.1. The zero-order chi connectivity index (χ0) is 52.5. The summed E-state index contributed by atoms with van der Waals surface area (Å²) in [6, 6.07) is 16.5. The highest BCUT2D eigenvalue weighted by Gasteiger charge is 2.49. The van der Waals surface area contributed by atoms with Crippen LogP contribution in [0.25, 0.3) is 16.7 Å². The molecule has 4 aliphatic rings. The zero-order valence-corrected chi connectivity index (χ0v) is 42.7. The number of aliphatic hydroxyl groups is 1. The highest BCUT2D eigenvalue weighted by molar-refractivity contribution is 7.60. The molecular formula is C48H59N10O14P2+. The van der Waals surface area contributed by atoms with E-state index >= 15 is 0 Å². The Hall–Kier alpha value is -6.33. The molecule has 74 heavy (non-hydrogen) atoms. The van der Waals surface area contributed by atoms with Crippen LogP contribution < -0.4 is 41.2 Å². The average molecular weight is 1060 g/mol. The summed E-state index contributed by atoms with van der Waals surface area (Å²) < 4.78 is 53.6. The normalized spacial score (nSPS) is 19.9. The minimum Gasteiger partial charge on any atom is -0.456 e. The number of nitrogens with zero attached hydrogens (tertiary/aromatic N) is 7. The lowest BCUT2D eigenvalue weighted by atomic mass is 9.86. The first kappa shape index (κ1) is 52.5. The molecule has 2 aromatic heterocycles. The van der Waals surface area contributed by atoms with E-state index in [9.17, 15) is 33.5 Å². The highest BCUT2D eigenvalue weighted by atomic mass is 31.3. The van der Waals surface area contributed by atoms with Crippen LogP contribution in [0.2, 0.25) is 0 Å². The summed E-state index contributed by atoms with van der Waals surface area (Å²) in [5.74, 6) is 0.992. The molecule has 0 radical (unpaired) electrons. The number of hydrogen-bond acceptors (Lipinski definition) is 16. The monoisotopic (exact) mass is 1060 g/mol. The van der Waals surface area contributed by atoms with E-state index in [1.165, 1.54) is 33.1 Å². The largest absolute Gasteiger partial charge is 0.481 e. The lowest BCUT2D eigenvalue weighted by Crippen LogP contribution is -2.41. The molecule has 5 atom stereocenters. The summed E-state index contributed by atoms with van der Waals surface area (Å²) in [4.78, 5) is 84.4. The van der Waals surface area contributed by atoms with Gasteiger partial charge in [0.25, 0.3) is 5.91 Å². The Bertz CT molecular complexity index is 3220. The lowest BCUT2D eigenvalue weighted by Gasteiger charge is -2.33. The van der Waals surface area contributed by atoms with Gasteiger partial charge in [0.2, 0.25) is 11.3 Å². The number of alkyl carbamates (subject to hydrolysis) is 1. The average Bonchev–Trinajstić information content (AvgIpc) is 3.94. The number of nitrogens with one attached hydrogen (secondary N) is 2. The van der Waals surface area contributed by atoms with Crippen LogP contribution in [0, 0.1) is 0 Å². The molecule has 3 aromatic carbocycles. The fraction of sp³-hybridized carbons (Fsp3) is 0.438. The van der Waals surface area contributed by atoms with Gasteiger partial charge in [-0.2, -0.15) is 4.31 Å². The number of rotatable bonds is 18. The molecule has 1 fully saturated rings. The molecule has 9 rings (SSSR count). The maximum absolute atomic E-state index is 14.5. The van der Waals surface area contributed by atoms with Crippen LogP contribution in [0.15, 0.2) is 61.2 Å². The van der Waals surface area contributed by atoms with E-state index in [1.54, 1.807) is 11.9 Å². The maximum Gasteiger partial charge on any atom is 0.481 e. The summed E-state index contributed by atoms with van der Waals surface area (Å²) in [7, 11) is -9.09. The number of carbonyl (C=O) groups excluding carboxylic acids is 3. The van der Waals surface area contributed by atoms with E-state index < -0.39 is 52.9 Å². The number of phosphoric ester groups is 1. The number of fused-ring (bicyclic) bond motifs is 5. The van der Waals surface area contributed by atoms with Gasteiger partial charge in [0.05, 0.1) is 19.0 Å². The van der Waals surface area contributed by atoms with Crippen molar-refractivity contribution in [2.24, 2.45) is 0 Å². The number of hydrogen-bond donors (Lipinski definition) is 7. The molecule has 4 aliphatic heterocycles. The van der Waals surface area contributed by atoms with Gasteiger partial charge in [0.1, 0.15) is 48.6 Å². The second-order valence-corrected chi connectivity index (χ2v) is 21.1. The Morgan fingerprint density at radius 3 is 2.54 bits per heavy atom. The Kier molecular flexibility index (Phi) is 15.5. The van der Waals surface area contributed by atoms with Crippen LogP contribution in [-0.2, 0) is 45.1 Å². The molecule has 394 valence electrons. The molecule has 26 heteroatoms. The number of aryl methyl sites for hydroxylation is 2. The van der Waals surface area contributed by atoms with Gasteiger partial charge >= 0.3 is 21.7 Å². The number of ether oxygens (including phenoxy) is 3. The predicted molar refractivity (Wildman–Crippen MR) is 267 cm³/mol. The number of anilines is 2. The molecule has 0 spiro atoms. The molecule has 3 amide bonds. The van der Waals surface area contributed by atoms with Crippen molar-refractivity contribution in [3.63, 3.8) is 0 Å². The van der Waals surface area contributed by atoms with Crippen LogP contribution in [-0.4, -0.2) is 140 Å². The summed E-state index contributed by atoms with van der Waals surface area (Å²) in [5, 5.41) is 18.5. The van der Waals surface area contributed by atoms with Gasteiger partial charge in [-0.3, -0.25) is 18.7 Å². The van der Waals surface area contributed by atoms with Crippen LogP contribution in [0.1, 0.15) is 78.4 Å². The first-order valence-electron chi connectivity index (χ1n) is 24.4. The lowest BCUT2D eigenvalue weighted by molar-refractivity contribution is -0.121. The summed E-state index contributed by atoms with van der Waals surface area (Å²) in [6.07, 6.45) is -0.493. The van der Waals surface area contributed by atoms with E-state index in [0.717, 1.165) is 91.6 Å². The molecular weight excluding hydrogens is 1000 g/mol. The van der Waals surface area contributed by atoms with Crippen molar-refractivity contribution in [1.82, 2.24) is 39.6 Å². The van der Waals surface area contributed by atoms with E-state index in [1.807, 2.05) is 24.3 Å². The molecule has 5 aromatic rings. The van der Waals surface area contributed by atoms with Crippen molar-refractivity contribution in [2.75, 3.05) is 70.1 Å². The van der Waals surface area contributed by atoms with Crippen molar-refractivity contribution in [3.05, 3.63) is 99.6 Å². The smallest absolute Gasteiger partial charge is 0.456 e. The second kappa shape index (κ2) is 21.9. The molecule has 24 nitrogen and oxygen atoms in total. The van der Waals surface area contributed by atoms with Gasteiger partial charge in [0, 0.05) is 91.8 Å². The third-order valence-electron chi connectivity index (χ3n) is 13.5. The van der Waals surface area contributed by atoms with Gasteiger partial charge in [-0.15, -0.1) is 0 Å². The quantitative estimate of drug-likeness (QED) is 0.0369. The Morgan fingerprint density at radius 2 is 1.76 bits per heavy atom. The molecule has 0 saturated carbocycles. The van der Waals surface area contributed by atoms with Crippen molar-refractivity contribution >= 4 is 61.8 Å². The summed E-state index contributed by atoms with van der Waals surface area (Å²) in [6.45, 7) is 7.26. The molecule has 1 unspecified atom stereocenters. The minimum absolute atomic E-state index is 0.00731. The third-order valence-corrected chi connectivity index (χ3v) is 15.7. The number of imidazole rings is 1. The van der Waals surface area contributed by atoms with Crippen LogP contribution in [0.3, 0.4) is 0 Å². The van der Waals surface area contributed by atoms with Crippen molar-refractivity contribution in [1.29, 1.82) is 0 Å². The van der Waals surface area contributed by atoms with E-state index in [4.69, 9.17) is 29.7 Å². The number of nitrogens with two attached hydrogens (primary N) is 1. The third kappa shape index (κ3) is 11.2. The van der Waals surface area contributed by atoms with Crippen molar-refractivity contribution in [3.8, 4) is 11.5 Å². The van der Waals surface area contributed by atoms with Gasteiger partial charge in [-0.05, 0) is 68.9 Å². The van der Waals surface area contributed by atoms with Gasteiger partial charge in [-0.25, -0.2) is 33.5 Å². The maximum atomic E-state index is 14.5. The number of nitrogen functional groups attached to an aromatic ring is 1. The number of amides is 3. The van der Waals surface area contributed by atoms with Crippen LogP contribution in [0.4, 0.5) is 16.3 Å². The zero-order valence-electron chi connectivity index (χ0n) is 41.0. The van der Waals surface area contributed by atoms with E-state index in [0.29, 0.717) is 12.0 Å². The molecule has 1 saturated heterocycles. The van der Waals surface area contributed by atoms with E-state index in [-0.39, 0.29) is 54.9 Å². The first-order chi connectivity index (χ1) is 35.4. The van der Waals surface area contributed by atoms with E-state index in [2.05, 4.69) is 82.0 Å². The second-order valence-electron chi connectivity index (χ2n) is 18.3. The van der Waals surface area contributed by atoms with Crippen molar-refractivity contribution in [2.45, 2.75) is 76.9 Å². The first-order valence-corrected chi connectivity index (χ1v) is 27.4. The topological polar surface area (TPSA) is 316 Å². The summed E-state index contributed by atoms with van der Waals surface area (Å²) >= 11 is 0. The number of carbonyl (C=O) groups is 3. The fourth-order valence-electron chi connectivity index (χ4n) is 10.0. The molecule has 8 N–H and O–H groups in total. The highest BCUT2D eigenvalue weighted by Crippen LogP contribution is 2.58. The number of aromatic nitrogens is 4. The predicted octanol–water partition coefficient (Wildman–Crippen LogP) is 2.24.